The van der Waals surface area contributed by atoms with E-state index in [4.69, 9.17) is 16.3 Å². The largest absolute Gasteiger partial charge is 0.462 e. The van der Waals surface area contributed by atoms with E-state index in [2.05, 4.69) is 5.32 Å². The monoisotopic (exact) mass is 255 g/mol. The molecule has 1 rings (SSSR count). The molecule has 0 aliphatic rings. The van der Waals surface area contributed by atoms with E-state index >= 15 is 0 Å². The molecule has 0 saturated heterocycles. The van der Waals surface area contributed by atoms with Gasteiger partial charge in [-0.15, -0.1) is 11.6 Å². The zero-order valence-electron chi connectivity index (χ0n) is 9.53. The molecule has 0 aliphatic heterocycles. The van der Waals surface area contributed by atoms with Gasteiger partial charge in [-0.25, -0.2) is 4.79 Å². The molecule has 5 heteroatoms. The Kier molecular flexibility index (Phi) is 5.49. The molecule has 0 aliphatic carbocycles. The van der Waals surface area contributed by atoms with Gasteiger partial charge in [-0.05, 0) is 31.2 Å². The first-order chi connectivity index (χ1) is 8.17. The van der Waals surface area contributed by atoms with Gasteiger partial charge in [-0.3, -0.25) is 4.79 Å². The zero-order valence-corrected chi connectivity index (χ0v) is 10.3. The molecule has 92 valence electrons. The van der Waals surface area contributed by atoms with Crippen molar-refractivity contribution in [2.24, 2.45) is 0 Å². The molecular weight excluding hydrogens is 242 g/mol. The molecule has 0 heterocycles. The Morgan fingerprint density at radius 1 is 1.29 bits per heavy atom. The van der Waals surface area contributed by atoms with Crippen molar-refractivity contribution >= 4 is 29.2 Å². The second-order valence-corrected chi connectivity index (χ2v) is 3.66. The number of amides is 1. The summed E-state index contributed by atoms with van der Waals surface area (Å²) < 4.78 is 4.84. The standard InChI is InChI=1S/C12H14ClNO3/c1-2-17-12(16)9-3-5-10(6-4-9)14-11(15)7-8-13/h3-6H,2,7-8H2,1H3,(H,14,15). The van der Waals surface area contributed by atoms with E-state index in [1.807, 2.05) is 0 Å². The Morgan fingerprint density at radius 3 is 2.47 bits per heavy atom. The fourth-order valence-corrected chi connectivity index (χ4v) is 1.39. The molecular formula is C12H14ClNO3. The van der Waals surface area contributed by atoms with Crippen LogP contribution in [0.5, 0.6) is 0 Å². The molecule has 1 amide bonds. The van der Waals surface area contributed by atoms with E-state index in [-0.39, 0.29) is 24.2 Å². The number of esters is 1. The van der Waals surface area contributed by atoms with Crippen molar-refractivity contribution < 1.29 is 14.3 Å². The lowest BCUT2D eigenvalue weighted by Gasteiger charge is -2.05. The molecule has 0 spiro atoms. The van der Waals surface area contributed by atoms with E-state index in [1.54, 1.807) is 31.2 Å². The first-order valence-electron chi connectivity index (χ1n) is 5.30. The lowest BCUT2D eigenvalue weighted by molar-refractivity contribution is -0.115. The fraction of sp³-hybridized carbons (Fsp3) is 0.333. The predicted molar refractivity (Wildman–Crippen MR) is 66.4 cm³/mol. The Labute approximate surface area is 105 Å². The number of hydrogen-bond acceptors (Lipinski definition) is 3. The molecule has 0 atom stereocenters. The summed E-state index contributed by atoms with van der Waals surface area (Å²) in [7, 11) is 0. The van der Waals surface area contributed by atoms with Crippen molar-refractivity contribution in [2.45, 2.75) is 13.3 Å². The highest BCUT2D eigenvalue weighted by molar-refractivity contribution is 6.19. The third-order valence-electron chi connectivity index (χ3n) is 2.00. The summed E-state index contributed by atoms with van der Waals surface area (Å²) in [6, 6.07) is 6.51. The SMILES string of the molecule is CCOC(=O)c1ccc(NC(=O)CCCl)cc1. The minimum absolute atomic E-state index is 0.149. The van der Waals surface area contributed by atoms with E-state index in [9.17, 15) is 9.59 Å². The van der Waals surface area contributed by atoms with Gasteiger partial charge in [-0.2, -0.15) is 0 Å². The number of alkyl halides is 1. The van der Waals surface area contributed by atoms with Crippen LogP contribution in [0.2, 0.25) is 0 Å². The number of carbonyl (C=O) groups excluding carboxylic acids is 2. The lowest BCUT2D eigenvalue weighted by atomic mass is 10.2. The third-order valence-corrected chi connectivity index (χ3v) is 2.19. The average molecular weight is 256 g/mol. The maximum Gasteiger partial charge on any atom is 0.338 e. The molecule has 17 heavy (non-hydrogen) atoms. The number of hydrogen-bond donors (Lipinski definition) is 1. The second kappa shape index (κ2) is 6.91. The smallest absolute Gasteiger partial charge is 0.338 e. The van der Waals surface area contributed by atoms with Crippen LogP contribution in [0.15, 0.2) is 24.3 Å². The molecule has 0 aromatic heterocycles. The molecule has 0 unspecified atom stereocenters. The van der Waals surface area contributed by atoms with Crippen LogP contribution in [0.3, 0.4) is 0 Å². The highest BCUT2D eigenvalue weighted by Crippen LogP contribution is 2.11. The van der Waals surface area contributed by atoms with Crippen LogP contribution in [0, 0.1) is 0 Å². The van der Waals surface area contributed by atoms with Crippen molar-refractivity contribution in [1.29, 1.82) is 0 Å². The number of rotatable bonds is 5. The highest BCUT2D eigenvalue weighted by Gasteiger charge is 2.06. The Bertz CT molecular complexity index is 389. The minimum Gasteiger partial charge on any atom is -0.462 e. The van der Waals surface area contributed by atoms with Crippen LogP contribution in [-0.2, 0) is 9.53 Å². The Morgan fingerprint density at radius 2 is 1.94 bits per heavy atom. The lowest BCUT2D eigenvalue weighted by Crippen LogP contribution is -2.12. The second-order valence-electron chi connectivity index (χ2n) is 3.28. The minimum atomic E-state index is -0.369. The van der Waals surface area contributed by atoms with Crippen molar-refractivity contribution in [3.05, 3.63) is 29.8 Å². The quantitative estimate of drug-likeness (QED) is 0.649. The zero-order chi connectivity index (χ0) is 12.7. The first-order valence-corrected chi connectivity index (χ1v) is 5.83. The van der Waals surface area contributed by atoms with Crippen molar-refractivity contribution in [1.82, 2.24) is 0 Å². The van der Waals surface area contributed by atoms with E-state index < -0.39 is 0 Å². The molecule has 4 nitrogen and oxygen atoms in total. The van der Waals surface area contributed by atoms with Gasteiger partial charge in [0, 0.05) is 18.0 Å². The molecule has 1 aromatic carbocycles. The molecule has 1 aromatic rings. The summed E-state index contributed by atoms with van der Waals surface area (Å²) in [5, 5.41) is 2.67. The topological polar surface area (TPSA) is 55.4 Å². The van der Waals surface area contributed by atoms with Gasteiger partial charge >= 0.3 is 5.97 Å². The van der Waals surface area contributed by atoms with Crippen LogP contribution in [0.1, 0.15) is 23.7 Å². The van der Waals surface area contributed by atoms with Gasteiger partial charge in [0.2, 0.25) is 5.91 Å². The van der Waals surface area contributed by atoms with E-state index in [1.165, 1.54) is 0 Å². The van der Waals surface area contributed by atoms with Crippen molar-refractivity contribution in [2.75, 3.05) is 17.8 Å². The highest BCUT2D eigenvalue weighted by atomic mass is 35.5. The van der Waals surface area contributed by atoms with Gasteiger partial charge in [0.25, 0.3) is 0 Å². The molecule has 0 saturated carbocycles. The number of anilines is 1. The Hall–Kier alpha value is -1.55. The van der Waals surface area contributed by atoms with Gasteiger partial charge < -0.3 is 10.1 Å². The number of ether oxygens (including phenoxy) is 1. The third kappa shape index (κ3) is 4.44. The summed E-state index contributed by atoms with van der Waals surface area (Å²) in [5.74, 6) is -0.234. The van der Waals surface area contributed by atoms with Crippen LogP contribution in [0.4, 0.5) is 5.69 Å². The molecule has 1 N–H and O–H groups in total. The number of halogens is 1. The summed E-state index contributed by atoms with van der Waals surface area (Å²) in [4.78, 5) is 22.6. The maximum atomic E-state index is 11.4. The number of carbonyl (C=O) groups is 2. The van der Waals surface area contributed by atoms with Gasteiger partial charge in [-0.1, -0.05) is 0 Å². The molecule has 0 fully saturated rings. The van der Waals surface area contributed by atoms with Crippen LogP contribution < -0.4 is 5.32 Å². The molecule has 0 bridgehead atoms. The summed E-state index contributed by atoms with van der Waals surface area (Å²) >= 11 is 5.44. The first kappa shape index (κ1) is 13.5. The van der Waals surface area contributed by atoms with E-state index in [0.717, 1.165) is 0 Å². The molecule has 0 radical (unpaired) electrons. The fourth-order valence-electron chi connectivity index (χ4n) is 1.21. The van der Waals surface area contributed by atoms with Crippen LogP contribution in [0.25, 0.3) is 0 Å². The van der Waals surface area contributed by atoms with Crippen LogP contribution >= 0.6 is 11.6 Å². The average Bonchev–Trinajstić information content (AvgIpc) is 2.30. The summed E-state index contributed by atoms with van der Waals surface area (Å²) in [5.41, 5.74) is 1.09. The predicted octanol–water partition coefficient (Wildman–Crippen LogP) is 2.43. The van der Waals surface area contributed by atoms with Gasteiger partial charge in [0.15, 0.2) is 0 Å². The van der Waals surface area contributed by atoms with Crippen LogP contribution in [-0.4, -0.2) is 24.4 Å². The van der Waals surface area contributed by atoms with Crippen molar-refractivity contribution in [3.8, 4) is 0 Å². The maximum absolute atomic E-state index is 11.4. The number of nitrogens with one attached hydrogen (secondary N) is 1. The summed E-state index contributed by atoms with van der Waals surface area (Å²) in [6.07, 6.45) is 0.265. The summed E-state index contributed by atoms with van der Waals surface area (Å²) in [6.45, 7) is 2.09. The van der Waals surface area contributed by atoms with Gasteiger partial charge in [0.05, 0.1) is 12.2 Å². The van der Waals surface area contributed by atoms with Gasteiger partial charge in [0.1, 0.15) is 0 Å². The van der Waals surface area contributed by atoms with E-state index in [0.29, 0.717) is 17.9 Å². The van der Waals surface area contributed by atoms with Crippen molar-refractivity contribution in [3.63, 3.8) is 0 Å². The number of benzene rings is 1. The normalized spacial score (nSPS) is 9.76. The Balaban J connectivity index is 2.61.